The number of likely N-dealkylation sites (N-methyl/N-ethyl adjacent to an activating group) is 1. The zero-order chi connectivity index (χ0) is 14.6. The van der Waals surface area contributed by atoms with E-state index in [9.17, 15) is 18.0 Å². The van der Waals surface area contributed by atoms with Gasteiger partial charge < -0.3 is 10.2 Å². The lowest BCUT2D eigenvalue weighted by Gasteiger charge is -2.35. The van der Waals surface area contributed by atoms with Crippen molar-refractivity contribution < 1.29 is 18.0 Å². The topological polar surface area (TPSA) is 32.3 Å². The zero-order valence-electron chi connectivity index (χ0n) is 11.8. The molecule has 6 heteroatoms. The Balaban J connectivity index is 2.65. The highest BCUT2D eigenvalue weighted by Gasteiger charge is 2.45. The number of rotatable bonds is 4. The highest BCUT2D eigenvalue weighted by molar-refractivity contribution is 5.81. The van der Waals surface area contributed by atoms with E-state index in [4.69, 9.17) is 0 Å². The van der Waals surface area contributed by atoms with E-state index in [0.717, 1.165) is 6.42 Å². The van der Waals surface area contributed by atoms with Crippen LogP contribution >= 0.6 is 0 Å². The molecule has 0 heterocycles. The molecule has 3 nitrogen and oxygen atoms in total. The van der Waals surface area contributed by atoms with Crippen LogP contribution in [-0.2, 0) is 4.79 Å². The highest BCUT2D eigenvalue weighted by Crippen LogP contribution is 2.37. The van der Waals surface area contributed by atoms with Crippen molar-refractivity contribution in [2.24, 2.45) is 5.92 Å². The van der Waals surface area contributed by atoms with Crippen LogP contribution in [-0.4, -0.2) is 42.7 Å². The predicted octanol–water partition coefficient (Wildman–Crippen LogP) is 2.56. The van der Waals surface area contributed by atoms with Crippen molar-refractivity contribution in [2.45, 2.75) is 57.8 Å². The smallest absolute Gasteiger partial charge is 0.345 e. The van der Waals surface area contributed by atoms with Crippen molar-refractivity contribution in [3.8, 4) is 0 Å². The molecular formula is C13H23F3N2O. The van der Waals surface area contributed by atoms with Gasteiger partial charge in [-0.25, -0.2) is 0 Å². The zero-order valence-corrected chi connectivity index (χ0v) is 11.8. The lowest BCUT2D eigenvalue weighted by Crippen LogP contribution is -2.53. The maximum atomic E-state index is 12.9. The first-order valence-electron chi connectivity index (χ1n) is 6.85. The monoisotopic (exact) mass is 280 g/mol. The summed E-state index contributed by atoms with van der Waals surface area (Å²) in [5.74, 6) is -1.49. The van der Waals surface area contributed by atoms with Gasteiger partial charge in [0.1, 0.15) is 0 Å². The fourth-order valence-electron chi connectivity index (χ4n) is 2.60. The number of nitrogens with zero attached hydrogens (tertiary/aromatic N) is 1. The molecule has 0 spiro atoms. The van der Waals surface area contributed by atoms with Crippen molar-refractivity contribution in [3.63, 3.8) is 0 Å². The summed E-state index contributed by atoms with van der Waals surface area (Å²) < 4.78 is 38.8. The standard InChI is InChI=1S/C13H23F3N2O/c1-4-18(3)12(19)9(2)17-11-8-6-5-7-10(11)13(14,15)16/h9-11,17H,4-8H2,1-3H3. The quantitative estimate of drug-likeness (QED) is 0.858. The molecular weight excluding hydrogens is 257 g/mol. The molecule has 19 heavy (non-hydrogen) atoms. The summed E-state index contributed by atoms with van der Waals surface area (Å²) in [6.07, 6.45) is -2.14. The second-order valence-electron chi connectivity index (χ2n) is 5.28. The molecule has 0 saturated heterocycles. The van der Waals surface area contributed by atoms with Crippen LogP contribution in [0.15, 0.2) is 0 Å². The van der Waals surface area contributed by atoms with Gasteiger partial charge in [-0.15, -0.1) is 0 Å². The fraction of sp³-hybridized carbons (Fsp3) is 0.923. The van der Waals surface area contributed by atoms with Gasteiger partial charge in [0.15, 0.2) is 0 Å². The average Bonchev–Trinajstić information content (AvgIpc) is 2.36. The summed E-state index contributed by atoms with van der Waals surface area (Å²) in [5.41, 5.74) is 0. The number of hydrogen-bond donors (Lipinski definition) is 1. The SMILES string of the molecule is CCN(C)C(=O)C(C)NC1CCCCC1C(F)(F)F. The first kappa shape index (κ1) is 16.3. The van der Waals surface area contributed by atoms with E-state index in [1.165, 1.54) is 4.90 Å². The van der Waals surface area contributed by atoms with Gasteiger partial charge in [-0.05, 0) is 26.7 Å². The van der Waals surface area contributed by atoms with Crippen molar-refractivity contribution >= 4 is 5.91 Å². The Labute approximate surface area is 112 Å². The molecule has 112 valence electrons. The van der Waals surface area contributed by atoms with Crippen LogP contribution in [0.1, 0.15) is 39.5 Å². The van der Waals surface area contributed by atoms with Crippen molar-refractivity contribution in [1.82, 2.24) is 10.2 Å². The minimum Gasteiger partial charge on any atom is -0.345 e. The molecule has 0 aromatic heterocycles. The molecule has 3 atom stereocenters. The lowest BCUT2D eigenvalue weighted by atomic mass is 9.83. The normalized spacial score (nSPS) is 26.0. The van der Waals surface area contributed by atoms with E-state index in [-0.39, 0.29) is 12.3 Å². The number of alkyl halides is 3. The summed E-state index contributed by atoms with van der Waals surface area (Å²) in [6, 6.07) is -1.21. The van der Waals surface area contributed by atoms with Crippen molar-refractivity contribution in [3.05, 3.63) is 0 Å². The number of hydrogen-bond acceptors (Lipinski definition) is 2. The van der Waals surface area contributed by atoms with Crippen LogP contribution in [0.2, 0.25) is 0 Å². The number of carbonyl (C=O) groups excluding carboxylic acids is 1. The Morgan fingerprint density at radius 2 is 1.95 bits per heavy atom. The summed E-state index contributed by atoms with van der Waals surface area (Å²) in [5, 5.41) is 2.88. The van der Waals surface area contributed by atoms with Gasteiger partial charge >= 0.3 is 6.18 Å². The third kappa shape index (κ3) is 4.37. The number of halogens is 3. The van der Waals surface area contributed by atoms with Crippen LogP contribution in [0.25, 0.3) is 0 Å². The second kappa shape index (κ2) is 6.59. The van der Waals surface area contributed by atoms with Gasteiger partial charge in [0.25, 0.3) is 0 Å². The van der Waals surface area contributed by atoms with E-state index >= 15 is 0 Å². The second-order valence-corrected chi connectivity index (χ2v) is 5.28. The Bertz CT molecular complexity index is 307. The molecule has 0 bridgehead atoms. The molecule has 1 amide bonds. The van der Waals surface area contributed by atoms with Gasteiger partial charge in [-0.1, -0.05) is 12.8 Å². The molecule has 0 aromatic rings. The average molecular weight is 280 g/mol. The Morgan fingerprint density at radius 1 is 1.37 bits per heavy atom. The highest BCUT2D eigenvalue weighted by atomic mass is 19.4. The third-order valence-electron chi connectivity index (χ3n) is 3.87. The summed E-state index contributed by atoms with van der Waals surface area (Å²) in [7, 11) is 1.66. The lowest BCUT2D eigenvalue weighted by molar-refractivity contribution is -0.189. The van der Waals surface area contributed by atoms with E-state index in [1.807, 2.05) is 6.92 Å². The van der Waals surface area contributed by atoms with E-state index in [0.29, 0.717) is 19.4 Å². The molecule has 1 rings (SSSR count). The molecule has 1 fully saturated rings. The molecule has 1 N–H and O–H groups in total. The summed E-state index contributed by atoms with van der Waals surface area (Å²) in [6.45, 7) is 4.03. The molecule has 0 aromatic carbocycles. The molecule has 1 saturated carbocycles. The minimum atomic E-state index is -4.18. The molecule has 3 unspecified atom stereocenters. The molecule has 0 radical (unpaired) electrons. The third-order valence-corrected chi connectivity index (χ3v) is 3.87. The van der Waals surface area contributed by atoms with Crippen molar-refractivity contribution in [2.75, 3.05) is 13.6 Å². The number of amides is 1. The first-order valence-corrected chi connectivity index (χ1v) is 6.85. The largest absolute Gasteiger partial charge is 0.393 e. The first-order chi connectivity index (χ1) is 8.77. The van der Waals surface area contributed by atoms with Gasteiger partial charge in [-0.2, -0.15) is 13.2 Å². The van der Waals surface area contributed by atoms with Crippen LogP contribution in [0, 0.1) is 5.92 Å². The maximum Gasteiger partial charge on any atom is 0.393 e. The predicted molar refractivity (Wildman–Crippen MR) is 67.7 cm³/mol. The number of nitrogens with one attached hydrogen (secondary N) is 1. The maximum absolute atomic E-state index is 12.9. The van der Waals surface area contributed by atoms with Crippen LogP contribution in [0.3, 0.4) is 0 Å². The molecule has 1 aliphatic rings. The van der Waals surface area contributed by atoms with E-state index < -0.39 is 24.2 Å². The van der Waals surface area contributed by atoms with Crippen molar-refractivity contribution in [1.29, 1.82) is 0 Å². The van der Waals surface area contributed by atoms with Crippen LogP contribution in [0.5, 0.6) is 0 Å². The van der Waals surface area contributed by atoms with E-state index in [1.54, 1.807) is 14.0 Å². The Morgan fingerprint density at radius 3 is 2.47 bits per heavy atom. The van der Waals surface area contributed by atoms with Crippen LogP contribution < -0.4 is 5.32 Å². The Kier molecular flexibility index (Phi) is 5.64. The van der Waals surface area contributed by atoms with Gasteiger partial charge in [0, 0.05) is 19.6 Å². The van der Waals surface area contributed by atoms with Crippen LogP contribution in [0.4, 0.5) is 13.2 Å². The molecule has 0 aliphatic heterocycles. The fourth-order valence-corrected chi connectivity index (χ4v) is 2.60. The summed E-state index contributed by atoms with van der Waals surface area (Å²) >= 11 is 0. The number of carbonyl (C=O) groups is 1. The summed E-state index contributed by atoms with van der Waals surface area (Å²) in [4.78, 5) is 13.4. The van der Waals surface area contributed by atoms with E-state index in [2.05, 4.69) is 5.32 Å². The Hall–Kier alpha value is -0.780. The minimum absolute atomic E-state index is 0.158. The van der Waals surface area contributed by atoms with Gasteiger partial charge in [0.2, 0.25) is 5.91 Å². The van der Waals surface area contributed by atoms with Gasteiger partial charge in [-0.3, -0.25) is 4.79 Å². The molecule has 1 aliphatic carbocycles. The van der Waals surface area contributed by atoms with Gasteiger partial charge in [0.05, 0.1) is 12.0 Å².